The molecule has 1 atom stereocenters. The average molecular weight is 228 g/mol. The van der Waals surface area contributed by atoms with Crippen LogP contribution in [0.5, 0.6) is 0 Å². The number of ether oxygens (including phenoxy) is 1. The van der Waals surface area contributed by atoms with Crippen LogP contribution in [0.1, 0.15) is 39.5 Å². The molecule has 0 bridgehead atoms. The summed E-state index contributed by atoms with van der Waals surface area (Å²) in [4.78, 5) is 11.6. The molecular formula is C12H24N2O2. The van der Waals surface area contributed by atoms with Crippen molar-refractivity contribution in [2.24, 2.45) is 11.7 Å². The van der Waals surface area contributed by atoms with Crippen molar-refractivity contribution in [1.29, 1.82) is 0 Å². The van der Waals surface area contributed by atoms with Crippen LogP contribution in [0.2, 0.25) is 0 Å². The topological polar surface area (TPSA) is 64.3 Å². The summed E-state index contributed by atoms with van der Waals surface area (Å²) in [7, 11) is 0. The molecule has 1 unspecified atom stereocenters. The Morgan fingerprint density at radius 1 is 1.50 bits per heavy atom. The average Bonchev–Trinajstić information content (AvgIpc) is 2.23. The largest absolute Gasteiger partial charge is 0.378 e. The number of hydrogen-bond donors (Lipinski definition) is 2. The highest BCUT2D eigenvalue weighted by Gasteiger charge is 2.31. The second-order valence-electron chi connectivity index (χ2n) is 4.53. The van der Waals surface area contributed by atoms with Crippen molar-refractivity contribution in [3.63, 3.8) is 0 Å². The van der Waals surface area contributed by atoms with Gasteiger partial charge in [0.05, 0.1) is 6.10 Å². The Hall–Kier alpha value is -0.610. The van der Waals surface area contributed by atoms with E-state index >= 15 is 0 Å². The maximum atomic E-state index is 11.6. The highest BCUT2D eigenvalue weighted by atomic mass is 16.5. The monoisotopic (exact) mass is 228 g/mol. The van der Waals surface area contributed by atoms with Crippen molar-refractivity contribution in [3.8, 4) is 0 Å². The first-order valence-electron chi connectivity index (χ1n) is 6.30. The Morgan fingerprint density at radius 2 is 2.19 bits per heavy atom. The summed E-state index contributed by atoms with van der Waals surface area (Å²) in [6.07, 6.45) is 3.97. The maximum Gasteiger partial charge on any atom is 0.220 e. The summed E-state index contributed by atoms with van der Waals surface area (Å²) in [6, 6.07) is 0.135. The lowest BCUT2D eigenvalue weighted by molar-refractivity contribution is -0.125. The molecule has 16 heavy (non-hydrogen) atoms. The molecule has 0 aromatic rings. The number of amides is 1. The summed E-state index contributed by atoms with van der Waals surface area (Å²) in [5, 5.41) is 2.96. The minimum atomic E-state index is 0.135. The van der Waals surface area contributed by atoms with E-state index in [4.69, 9.17) is 10.5 Å². The third kappa shape index (κ3) is 4.10. The van der Waals surface area contributed by atoms with E-state index in [9.17, 15) is 4.79 Å². The Balaban J connectivity index is 2.12. The van der Waals surface area contributed by atoms with Crippen LogP contribution in [-0.2, 0) is 9.53 Å². The van der Waals surface area contributed by atoms with Gasteiger partial charge >= 0.3 is 0 Å². The number of rotatable bonds is 7. The number of carbonyl (C=O) groups excluding carboxylic acids is 1. The van der Waals surface area contributed by atoms with Crippen LogP contribution in [0.25, 0.3) is 0 Å². The van der Waals surface area contributed by atoms with Crippen LogP contribution in [0, 0.1) is 5.92 Å². The molecule has 1 saturated carbocycles. The molecule has 4 heteroatoms. The smallest absolute Gasteiger partial charge is 0.220 e. The Bertz CT molecular complexity index is 211. The maximum absolute atomic E-state index is 11.6. The fourth-order valence-electron chi connectivity index (χ4n) is 2.09. The van der Waals surface area contributed by atoms with Crippen molar-refractivity contribution >= 4 is 5.91 Å². The molecule has 0 aromatic heterocycles. The second-order valence-corrected chi connectivity index (χ2v) is 4.53. The summed E-state index contributed by atoms with van der Waals surface area (Å²) in [6.45, 7) is 5.34. The summed E-state index contributed by atoms with van der Waals surface area (Å²) in [5.41, 5.74) is 5.54. The fraction of sp³-hybridized carbons (Fsp3) is 0.917. The fourth-order valence-corrected chi connectivity index (χ4v) is 2.09. The van der Waals surface area contributed by atoms with Gasteiger partial charge < -0.3 is 15.8 Å². The molecule has 1 rings (SSSR count). The molecule has 4 nitrogen and oxygen atoms in total. The lowest BCUT2D eigenvalue weighted by Gasteiger charge is -2.34. The molecule has 0 spiro atoms. The Kier molecular flexibility index (Phi) is 5.77. The summed E-state index contributed by atoms with van der Waals surface area (Å²) in [5.74, 6) is 0.643. The van der Waals surface area contributed by atoms with Gasteiger partial charge in [-0.1, -0.05) is 6.92 Å². The van der Waals surface area contributed by atoms with Gasteiger partial charge in [-0.3, -0.25) is 4.79 Å². The van der Waals surface area contributed by atoms with Crippen molar-refractivity contribution in [3.05, 3.63) is 0 Å². The SMILES string of the molecule is CCOC1CC(CC(=O)NC(CC)CN)C1. The highest BCUT2D eigenvalue weighted by molar-refractivity contribution is 5.76. The van der Waals surface area contributed by atoms with Crippen LogP contribution >= 0.6 is 0 Å². The van der Waals surface area contributed by atoms with Crippen molar-refractivity contribution in [2.75, 3.05) is 13.2 Å². The van der Waals surface area contributed by atoms with Crippen molar-refractivity contribution < 1.29 is 9.53 Å². The molecule has 1 aliphatic carbocycles. The highest BCUT2D eigenvalue weighted by Crippen LogP contribution is 2.32. The molecule has 3 N–H and O–H groups in total. The van der Waals surface area contributed by atoms with E-state index in [0.29, 0.717) is 25.0 Å². The van der Waals surface area contributed by atoms with E-state index in [-0.39, 0.29) is 11.9 Å². The van der Waals surface area contributed by atoms with Gasteiger partial charge in [-0.25, -0.2) is 0 Å². The molecular weight excluding hydrogens is 204 g/mol. The Labute approximate surface area is 97.9 Å². The van der Waals surface area contributed by atoms with E-state index in [2.05, 4.69) is 5.32 Å². The first-order valence-corrected chi connectivity index (χ1v) is 6.30. The van der Waals surface area contributed by atoms with Crippen molar-refractivity contribution in [1.82, 2.24) is 5.32 Å². The molecule has 1 amide bonds. The first kappa shape index (κ1) is 13.5. The Morgan fingerprint density at radius 3 is 2.69 bits per heavy atom. The molecule has 94 valence electrons. The van der Waals surface area contributed by atoms with E-state index < -0.39 is 0 Å². The molecule has 0 heterocycles. The summed E-state index contributed by atoms with van der Waals surface area (Å²) < 4.78 is 5.46. The van der Waals surface area contributed by atoms with E-state index in [1.54, 1.807) is 0 Å². The number of nitrogens with two attached hydrogens (primary N) is 1. The van der Waals surface area contributed by atoms with E-state index in [1.165, 1.54) is 0 Å². The van der Waals surface area contributed by atoms with Gasteiger partial charge in [0.15, 0.2) is 0 Å². The van der Waals surface area contributed by atoms with Crippen LogP contribution in [-0.4, -0.2) is 31.2 Å². The van der Waals surface area contributed by atoms with Crippen molar-refractivity contribution in [2.45, 2.75) is 51.7 Å². The zero-order valence-electron chi connectivity index (χ0n) is 10.4. The van der Waals surface area contributed by atoms with E-state index in [1.807, 2.05) is 13.8 Å². The third-order valence-corrected chi connectivity index (χ3v) is 3.21. The van der Waals surface area contributed by atoms with Crippen LogP contribution in [0.4, 0.5) is 0 Å². The molecule has 0 aliphatic heterocycles. The predicted molar refractivity (Wildman–Crippen MR) is 64.0 cm³/mol. The third-order valence-electron chi connectivity index (χ3n) is 3.21. The lowest BCUT2D eigenvalue weighted by Crippen LogP contribution is -2.42. The standard InChI is InChI=1S/C12H24N2O2/c1-3-10(8-13)14-12(15)7-9-5-11(6-9)16-4-2/h9-11H,3-8,13H2,1-2H3,(H,14,15). The van der Waals surface area contributed by atoms with Crippen LogP contribution < -0.4 is 11.1 Å². The van der Waals surface area contributed by atoms with Gasteiger partial charge in [0.1, 0.15) is 0 Å². The van der Waals surface area contributed by atoms with Crippen LogP contribution in [0.3, 0.4) is 0 Å². The van der Waals surface area contributed by atoms with E-state index in [0.717, 1.165) is 25.9 Å². The summed E-state index contributed by atoms with van der Waals surface area (Å²) >= 11 is 0. The first-order chi connectivity index (χ1) is 7.69. The quantitative estimate of drug-likeness (QED) is 0.684. The minimum Gasteiger partial charge on any atom is -0.378 e. The minimum absolute atomic E-state index is 0.135. The molecule has 1 fully saturated rings. The van der Waals surface area contributed by atoms with Gasteiger partial charge in [0.25, 0.3) is 0 Å². The molecule has 0 saturated heterocycles. The van der Waals surface area contributed by atoms with Gasteiger partial charge in [-0.2, -0.15) is 0 Å². The zero-order chi connectivity index (χ0) is 12.0. The van der Waals surface area contributed by atoms with Gasteiger partial charge in [0, 0.05) is 25.6 Å². The number of nitrogens with one attached hydrogen (secondary N) is 1. The van der Waals surface area contributed by atoms with Crippen LogP contribution in [0.15, 0.2) is 0 Å². The van der Waals surface area contributed by atoms with Gasteiger partial charge in [-0.15, -0.1) is 0 Å². The van der Waals surface area contributed by atoms with Gasteiger partial charge in [-0.05, 0) is 32.1 Å². The second kappa shape index (κ2) is 6.86. The number of hydrogen-bond acceptors (Lipinski definition) is 3. The van der Waals surface area contributed by atoms with Gasteiger partial charge in [0.2, 0.25) is 5.91 Å². The predicted octanol–water partition coefficient (Wildman–Crippen LogP) is 1.05. The normalized spacial score (nSPS) is 25.9. The zero-order valence-corrected chi connectivity index (χ0v) is 10.4. The molecule has 1 aliphatic rings. The molecule has 0 aromatic carbocycles. The lowest BCUT2D eigenvalue weighted by atomic mass is 9.80. The number of carbonyl (C=O) groups is 1. The molecule has 0 radical (unpaired) electrons.